The summed E-state index contributed by atoms with van der Waals surface area (Å²) in [6.45, 7) is 12.3. The van der Waals surface area contributed by atoms with E-state index in [1.54, 1.807) is 16.7 Å². The second-order valence-electron chi connectivity index (χ2n) is 10.8. The lowest BCUT2D eigenvalue weighted by Crippen LogP contribution is -2.56. The van der Waals surface area contributed by atoms with Crippen LogP contribution in [0.5, 0.6) is 0 Å². The van der Waals surface area contributed by atoms with Crippen LogP contribution in [0.15, 0.2) is 24.3 Å². The van der Waals surface area contributed by atoms with Crippen LogP contribution in [0.1, 0.15) is 53.9 Å². The fourth-order valence-corrected chi connectivity index (χ4v) is 8.80. The predicted octanol–water partition coefficient (Wildman–Crippen LogP) is 3.11. The molecule has 1 spiro atoms. The second kappa shape index (κ2) is 11.2. The van der Waals surface area contributed by atoms with Crippen molar-refractivity contribution < 1.29 is 19.5 Å². The van der Waals surface area contributed by atoms with Crippen molar-refractivity contribution in [1.82, 2.24) is 10.2 Å². The Hall–Kier alpha value is -2.26. The Labute approximate surface area is 224 Å². The Morgan fingerprint density at radius 1 is 1.16 bits per heavy atom. The van der Waals surface area contributed by atoms with Gasteiger partial charge in [-0.1, -0.05) is 20.8 Å². The number of thioether (sulfide) groups is 1. The van der Waals surface area contributed by atoms with E-state index in [9.17, 15) is 19.5 Å². The summed E-state index contributed by atoms with van der Waals surface area (Å²) in [7, 11) is 0. The van der Waals surface area contributed by atoms with E-state index in [0.717, 1.165) is 31.6 Å². The maximum Gasteiger partial charge on any atom is 0.248 e. The molecule has 3 amide bonds. The number of carbonyl (C=O) groups is 3. The molecule has 37 heavy (non-hydrogen) atoms. The number of hydrogen-bond donors (Lipinski definition) is 3. The summed E-state index contributed by atoms with van der Waals surface area (Å²) >= 11 is 1.65. The molecule has 3 aliphatic rings. The standard InChI is InChI=1S/C28H42N4O4S/c1-6-15-29-25(34)22-21-13-14-28(37-21)23(22)27(36)32(20(16-33)17(4)5)24(28)26(35)30-18-9-11-19(12-10-18)31(7-2)8-3/h9-12,17,20-24,33H,6-8,13-16H2,1-5H3,(H,29,34)(H,30,35)/t20-,21-,22+,23-,24?,28?/m0/s1. The molecule has 0 aromatic heterocycles. The molecule has 9 heteroatoms. The number of aliphatic hydroxyl groups excluding tert-OH is 1. The van der Waals surface area contributed by atoms with E-state index in [4.69, 9.17) is 0 Å². The number of anilines is 2. The second-order valence-corrected chi connectivity index (χ2v) is 12.4. The first-order valence-electron chi connectivity index (χ1n) is 13.8. The summed E-state index contributed by atoms with van der Waals surface area (Å²) in [5.41, 5.74) is 1.76. The zero-order valence-corrected chi connectivity index (χ0v) is 23.5. The Kier molecular flexibility index (Phi) is 8.43. The molecule has 2 bridgehead atoms. The van der Waals surface area contributed by atoms with E-state index < -0.39 is 28.7 Å². The number of carbonyl (C=O) groups excluding carboxylic acids is 3. The topological polar surface area (TPSA) is 102 Å². The van der Waals surface area contributed by atoms with Gasteiger partial charge in [0, 0.05) is 36.3 Å². The van der Waals surface area contributed by atoms with Gasteiger partial charge in [0.15, 0.2) is 0 Å². The molecule has 1 aromatic carbocycles. The summed E-state index contributed by atoms with van der Waals surface area (Å²) in [5.74, 6) is -1.54. The van der Waals surface area contributed by atoms with Gasteiger partial charge >= 0.3 is 0 Å². The van der Waals surface area contributed by atoms with Gasteiger partial charge in [-0.25, -0.2) is 0 Å². The average Bonchev–Trinajstić information content (AvgIpc) is 3.52. The molecule has 6 atom stereocenters. The number of fused-ring (bicyclic) bond motifs is 1. The summed E-state index contributed by atoms with van der Waals surface area (Å²) in [6.07, 6.45) is 2.34. The zero-order chi connectivity index (χ0) is 26.9. The molecule has 2 unspecified atom stereocenters. The van der Waals surface area contributed by atoms with Crippen LogP contribution in [-0.4, -0.2) is 76.0 Å². The molecule has 204 valence electrons. The highest BCUT2D eigenvalue weighted by molar-refractivity contribution is 8.02. The molecular weight excluding hydrogens is 488 g/mol. The fourth-order valence-electron chi connectivity index (χ4n) is 6.59. The Morgan fingerprint density at radius 3 is 2.41 bits per heavy atom. The molecular formula is C28H42N4O4S. The van der Waals surface area contributed by atoms with E-state index in [-0.39, 0.29) is 35.5 Å². The van der Waals surface area contributed by atoms with Gasteiger partial charge in [0.2, 0.25) is 17.7 Å². The first kappa shape index (κ1) is 27.8. The first-order valence-corrected chi connectivity index (χ1v) is 14.7. The van der Waals surface area contributed by atoms with Crippen molar-refractivity contribution in [2.24, 2.45) is 17.8 Å². The monoisotopic (exact) mass is 530 g/mol. The number of nitrogens with zero attached hydrogens (tertiary/aromatic N) is 2. The number of hydrogen-bond acceptors (Lipinski definition) is 6. The lowest BCUT2D eigenvalue weighted by Gasteiger charge is -2.38. The normalized spacial score (nSPS) is 28.9. The molecule has 8 nitrogen and oxygen atoms in total. The maximum absolute atomic E-state index is 14.1. The van der Waals surface area contributed by atoms with Gasteiger partial charge in [-0.05, 0) is 63.3 Å². The fraction of sp³-hybridized carbons (Fsp3) is 0.679. The molecule has 0 aliphatic carbocycles. The number of rotatable bonds is 11. The van der Waals surface area contributed by atoms with E-state index >= 15 is 0 Å². The average molecular weight is 531 g/mol. The highest BCUT2D eigenvalue weighted by Gasteiger charge is 2.74. The molecule has 0 saturated carbocycles. The van der Waals surface area contributed by atoms with Gasteiger partial charge < -0.3 is 25.5 Å². The molecule has 3 N–H and O–H groups in total. The van der Waals surface area contributed by atoms with Gasteiger partial charge in [-0.2, -0.15) is 0 Å². The van der Waals surface area contributed by atoms with Crippen LogP contribution in [0.4, 0.5) is 11.4 Å². The van der Waals surface area contributed by atoms with Gasteiger partial charge in [0.1, 0.15) is 6.04 Å². The molecule has 1 aromatic rings. The van der Waals surface area contributed by atoms with Crippen molar-refractivity contribution in [3.8, 4) is 0 Å². The number of nitrogens with one attached hydrogen (secondary N) is 2. The third-order valence-corrected chi connectivity index (χ3v) is 10.4. The smallest absolute Gasteiger partial charge is 0.248 e. The number of benzene rings is 1. The zero-order valence-electron chi connectivity index (χ0n) is 22.7. The van der Waals surface area contributed by atoms with Crippen molar-refractivity contribution >= 4 is 40.9 Å². The van der Waals surface area contributed by atoms with Crippen LogP contribution in [0.2, 0.25) is 0 Å². The Balaban J connectivity index is 1.67. The molecule has 0 radical (unpaired) electrons. The van der Waals surface area contributed by atoms with Crippen molar-refractivity contribution in [2.75, 3.05) is 36.5 Å². The minimum absolute atomic E-state index is 0.0308. The Morgan fingerprint density at radius 2 is 1.84 bits per heavy atom. The third-order valence-electron chi connectivity index (χ3n) is 8.42. The van der Waals surface area contributed by atoms with Gasteiger partial charge in [0.25, 0.3) is 0 Å². The van der Waals surface area contributed by atoms with Crippen molar-refractivity contribution in [1.29, 1.82) is 0 Å². The van der Waals surface area contributed by atoms with Gasteiger partial charge in [-0.15, -0.1) is 11.8 Å². The molecule has 4 rings (SSSR count). The predicted molar refractivity (Wildman–Crippen MR) is 149 cm³/mol. The quantitative estimate of drug-likeness (QED) is 0.406. The van der Waals surface area contributed by atoms with Crippen LogP contribution in [0.25, 0.3) is 0 Å². The molecule has 3 fully saturated rings. The van der Waals surface area contributed by atoms with Crippen molar-refractivity contribution in [2.45, 2.75) is 76.0 Å². The van der Waals surface area contributed by atoms with Crippen LogP contribution in [-0.2, 0) is 14.4 Å². The number of amides is 3. The molecule has 3 saturated heterocycles. The summed E-state index contributed by atoms with van der Waals surface area (Å²) in [5, 5.41) is 16.4. The van der Waals surface area contributed by atoms with Gasteiger partial charge in [-0.3, -0.25) is 14.4 Å². The largest absolute Gasteiger partial charge is 0.394 e. The lowest BCUT2D eigenvalue weighted by atomic mass is 9.70. The lowest BCUT2D eigenvalue weighted by molar-refractivity contribution is -0.142. The minimum Gasteiger partial charge on any atom is -0.394 e. The highest BCUT2D eigenvalue weighted by atomic mass is 32.2. The van der Waals surface area contributed by atoms with Crippen LogP contribution in [0, 0.1) is 17.8 Å². The first-order chi connectivity index (χ1) is 17.7. The van der Waals surface area contributed by atoms with E-state index in [0.29, 0.717) is 18.7 Å². The Bertz CT molecular complexity index is 998. The van der Waals surface area contributed by atoms with Crippen LogP contribution in [0.3, 0.4) is 0 Å². The van der Waals surface area contributed by atoms with Gasteiger partial charge in [0.05, 0.1) is 29.2 Å². The third kappa shape index (κ3) is 4.73. The summed E-state index contributed by atoms with van der Waals surface area (Å²) < 4.78 is -0.663. The molecule has 3 aliphatic heterocycles. The number of likely N-dealkylation sites (tertiary alicyclic amines) is 1. The summed E-state index contributed by atoms with van der Waals surface area (Å²) in [6, 6.07) is 6.55. The van der Waals surface area contributed by atoms with Crippen LogP contribution >= 0.6 is 11.8 Å². The van der Waals surface area contributed by atoms with E-state index in [1.807, 2.05) is 45.0 Å². The highest BCUT2D eigenvalue weighted by Crippen LogP contribution is 2.66. The van der Waals surface area contributed by atoms with Crippen molar-refractivity contribution in [3.63, 3.8) is 0 Å². The SMILES string of the molecule is CCCNC(=O)[C@@H]1[C@@H]2CCC3(S2)C(C(=O)Nc2ccc(N(CC)CC)cc2)N([C@@H](CO)C(C)C)C(=O)[C@H]13. The maximum atomic E-state index is 14.1. The minimum atomic E-state index is -0.744. The van der Waals surface area contributed by atoms with Crippen molar-refractivity contribution in [3.05, 3.63) is 24.3 Å². The van der Waals surface area contributed by atoms with Crippen LogP contribution < -0.4 is 15.5 Å². The summed E-state index contributed by atoms with van der Waals surface area (Å²) in [4.78, 5) is 45.1. The number of aliphatic hydroxyl groups is 1. The molecule has 3 heterocycles. The van der Waals surface area contributed by atoms with E-state index in [2.05, 4.69) is 29.4 Å². The van der Waals surface area contributed by atoms with E-state index in [1.165, 1.54) is 0 Å².